The summed E-state index contributed by atoms with van der Waals surface area (Å²) in [6.07, 6.45) is 1.66. The summed E-state index contributed by atoms with van der Waals surface area (Å²) < 4.78 is 7.71. The minimum absolute atomic E-state index is 0.129. The van der Waals surface area contributed by atoms with Crippen LogP contribution in [0.4, 0.5) is 5.69 Å². The number of carbonyl (C=O) groups excluding carboxylic acids is 1. The number of hydrogen-bond donors (Lipinski definition) is 1. The van der Waals surface area contributed by atoms with Crippen LogP contribution in [0.3, 0.4) is 0 Å². The lowest BCUT2D eigenvalue weighted by Crippen LogP contribution is -2.14. The summed E-state index contributed by atoms with van der Waals surface area (Å²) in [6.45, 7) is 2.03. The van der Waals surface area contributed by atoms with E-state index >= 15 is 0 Å². The van der Waals surface area contributed by atoms with Gasteiger partial charge in [-0.1, -0.05) is 54.2 Å². The molecular formula is C23H20N4O2S. The summed E-state index contributed by atoms with van der Waals surface area (Å²) in [5, 5.41) is 11.7. The Morgan fingerprint density at radius 1 is 1.00 bits per heavy atom. The summed E-state index contributed by atoms with van der Waals surface area (Å²) in [4.78, 5) is 12.5. The fourth-order valence-corrected chi connectivity index (χ4v) is 3.63. The van der Waals surface area contributed by atoms with Gasteiger partial charge in [-0.15, -0.1) is 10.2 Å². The summed E-state index contributed by atoms with van der Waals surface area (Å²) >= 11 is 1.34. The Kier molecular flexibility index (Phi) is 6.10. The van der Waals surface area contributed by atoms with Crippen molar-refractivity contribution in [2.45, 2.75) is 12.1 Å². The van der Waals surface area contributed by atoms with Gasteiger partial charge < -0.3 is 10.1 Å². The number of aryl methyl sites for hydroxylation is 1. The van der Waals surface area contributed by atoms with E-state index in [0.717, 1.165) is 17.0 Å². The molecule has 150 valence electrons. The van der Waals surface area contributed by atoms with Gasteiger partial charge in [0.15, 0.2) is 5.16 Å². The highest BCUT2D eigenvalue weighted by Crippen LogP contribution is 2.25. The first kappa shape index (κ1) is 19.7. The number of nitrogens with one attached hydrogen (secondary N) is 1. The minimum atomic E-state index is -0.129. The Bertz CT molecular complexity index is 1140. The summed E-state index contributed by atoms with van der Waals surface area (Å²) in [5.41, 5.74) is 2.78. The summed E-state index contributed by atoms with van der Waals surface area (Å²) in [5.74, 6) is 1.49. The van der Waals surface area contributed by atoms with Crippen molar-refractivity contribution in [1.29, 1.82) is 0 Å². The third kappa shape index (κ3) is 4.87. The third-order valence-corrected chi connectivity index (χ3v) is 5.26. The van der Waals surface area contributed by atoms with Gasteiger partial charge >= 0.3 is 0 Å². The maximum atomic E-state index is 12.5. The zero-order chi connectivity index (χ0) is 20.8. The SMILES string of the molecule is Cc1ccccc1-n1cnnc1SCC(=O)Nc1cccc(Oc2ccccc2)c1. The molecule has 1 amide bonds. The number of aromatic nitrogens is 3. The highest BCUT2D eigenvalue weighted by atomic mass is 32.2. The average molecular weight is 417 g/mol. The number of hydrogen-bond acceptors (Lipinski definition) is 5. The van der Waals surface area contributed by atoms with Gasteiger partial charge in [-0.2, -0.15) is 0 Å². The second-order valence-corrected chi connectivity index (χ2v) is 7.49. The monoisotopic (exact) mass is 416 g/mol. The molecule has 0 fully saturated rings. The minimum Gasteiger partial charge on any atom is -0.457 e. The Morgan fingerprint density at radius 2 is 1.77 bits per heavy atom. The van der Waals surface area contributed by atoms with Gasteiger partial charge in [0, 0.05) is 11.8 Å². The third-order valence-electron chi connectivity index (χ3n) is 4.32. The fourth-order valence-electron chi connectivity index (χ4n) is 2.91. The number of thioether (sulfide) groups is 1. The Labute approximate surface area is 178 Å². The molecule has 0 atom stereocenters. The standard InChI is InChI=1S/C23H20N4O2S/c1-17-8-5-6-13-21(17)27-16-24-26-23(27)30-15-22(28)25-18-9-7-12-20(14-18)29-19-10-3-2-4-11-19/h2-14,16H,15H2,1H3,(H,25,28). The maximum absolute atomic E-state index is 12.5. The number of anilines is 1. The molecule has 30 heavy (non-hydrogen) atoms. The summed E-state index contributed by atoms with van der Waals surface area (Å²) in [7, 11) is 0. The van der Waals surface area contributed by atoms with Gasteiger partial charge in [0.1, 0.15) is 17.8 Å². The van der Waals surface area contributed by atoms with Crippen LogP contribution in [0.25, 0.3) is 5.69 Å². The van der Waals surface area contributed by atoms with Crippen LogP contribution in [0.15, 0.2) is 90.3 Å². The van der Waals surface area contributed by atoms with Crippen molar-refractivity contribution in [1.82, 2.24) is 14.8 Å². The molecule has 4 aromatic rings. The van der Waals surface area contributed by atoms with Gasteiger partial charge in [0.05, 0.1) is 11.4 Å². The number of para-hydroxylation sites is 2. The smallest absolute Gasteiger partial charge is 0.234 e. The lowest BCUT2D eigenvalue weighted by molar-refractivity contribution is -0.113. The van der Waals surface area contributed by atoms with Crippen molar-refractivity contribution in [2.75, 3.05) is 11.1 Å². The Balaban J connectivity index is 1.38. The largest absolute Gasteiger partial charge is 0.457 e. The predicted octanol–water partition coefficient (Wildman–Crippen LogP) is 5.10. The molecule has 0 saturated carbocycles. The lowest BCUT2D eigenvalue weighted by Gasteiger charge is -2.10. The zero-order valence-corrected chi connectivity index (χ0v) is 17.2. The van der Waals surface area contributed by atoms with Crippen LogP contribution in [0, 0.1) is 6.92 Å². The van der Waals surface area contributed by atoms with Crippen LogP contribution in [0.5, 0.6) is 11.5 Å². The van der Waals surface area contributed by atoms with E-state index in [0.29, 0.717) is 16.6 Å². The summed E-state index contributed by atoms with van der Waals surface area (Å²) in [6, 6.07) is 24.8. The van der Waals surface area contributed by atoms with Crippen LogP contribution < -0.4 is 10.1 Å². The predicted molar refractivity (Wildman–Crippen MR) is 118 cm³/mol. The molecule has 0 saturated heterocycles. The molecule has 1 aromatic heterocycles. The van der Waals surface area contributed by atoms with Gasteiger partial charge in [0.2, 0.25) is 5.91 Å². The van der Waals surface area contributed by atoms with Gasteiger partial charge in [-0.05, 0) is 42.8 Å². The molecule has 0 aliphatic heterocycles. The number of nitrogens with zero attached hydrogens (tertiary/aromatic N) is 3. The normalized spacial score (nSPS) is 10.6. The zero-order valence-electron chi connectivity index (χ0n) is 16.4. The van der Waals surface area contributed by atoms with E-state index in [2.05, 4.69) is 15.5 Å². The average Bonchev–Trinajstić information content (AvgIpc) is 3.22. The number of carbonyl (C=O) groups is 1. The topological polar surface area (TPSA) is 69.0 Å². The molecular weight excluding hydrogens is 396 g/mol. The molecule has 3 aromatic carbocycles. The van der Waals surface area contributed by atoms with E-state index in [-0.39, 0.29) is 11.7 Å². The first-order valence-electron chi connectivity index (χ1n) is 9.41. The lowest BCUT2D eigenvalue weighted by atomic mass is 10.2. The van der Waals surface area contributed by atoms with Crippen LogP contribution in [0.1, 0.15) is 5.56 Å². The second kappa shape index (κ2) is 9.28. The van der Waals surface area contributed by atoms with Crippen LogP contribution in [-0.4, -0.2) is 26.4 Å². The highest BCUT2D eigenvalue weighted by Gasteiger charge is 2.12. The van der Waals surface area contributed by atoms with Crippen molar-refractivity contribution < 1.29 is 9.53 Å². The molecule has 0 aliphatic rings. The van der Waals surface area contributed by atoms with Crippen molar-refractivity contribution in [3.63, 3.8) is 0 Å². The molecule has 1 N–H and O–H groups in total. The van der Waals surface area contributed by atoms with Crippen molar-refractivity contribution >= 4 is 23.4 Å². The van der Waals surface area contributed by atoms with Crippen LogP contribution in [-0.2, 0) is 4.79 Å². The molecule has 0 aliphatic carbocycles. The molecule has 6 nitrogen and oxygen atoms in total. The van der Waals surface area contributed by atoms with E-state index in [4.69, 9.17) is 4.74 Å². The van der Waals surface area contributed by atoms with Gasteiger partial charge in [0.25, 0.3) is 0 Å². The number of rotatable bonds is 7. The van der Waals surface area contributed by atoms with E-state index < -0.39 is 0 Å². The quantitative estimate of drug-likeness (QED) is 0.425. The second-order valence-electron chi connectivity index (χ2n) is 6.55. The van der Waals surface area contributed by atoms with Gasteiger partial charge in [-0.3, -0.25) is 9.36 Å². The number of ether oxygens (including phenoxy) is 1. The van der Waals surface area contributed by atoms with Gasteiger partial charge in [-0.25, -0.2) is 0 Å². The first-order valence-corrected chi connectivity index (χ1v) is 10.4. The number of benzene rings is 3. The maximum Gasteiger partial charge on any atom is 0.234 e. The van der Waals surface area contributed by atoms with Crippen LogP contribution in [0.2, 0.25) is 0 Å². The Hall–Kier alpha value is -3.58. The van der Waals surface area contributed by atoms with Crippen molar-refractivity contribution in [2.24, 2.45) is 0 Å². The highest BCUT2D eigenvalue weighted by molar-refractivity contribution is 7.99. The van der Waals surface area contributed by atoms with Crippen LogP contribution >= 0.6 is 11.8 Å². The van der Waals surface area contributed by atoms with E-state index in [1.807, 2.05) is 84.3 Å². The van der Waals surface area contributed by atoms with Crippen molar-refractivity contribution in [3.05, 3.63) is 90.8 Å². The number of amides is 1. The molecule has 1 heterocycles. The molecule has 4 rings (SSSR count). The van der Waals surface area contributed by atoms with E-state index in [1.54, 1.807) is 12.4 Å². The molecule has 0 radical (unpaired) electrons. The van der Waals surface area contributed by atoms with Crippen molar-refractivity contribution in [3.8, 4) is 17.2 Å². The molecule has 0 spiro atoms. The molecule has 7 heteroatoms. The molecule has 0 bridgehead atoms. The van der Waals surface area contributed by atoms with E-state index in [1.165, 1.54) is 11.8 Å². The molecule has 0 unspecified atom stereocenters. The van der Waals surface area contributed by atoms with E-state index in [9.17, 15) is 4.79 Å². The Morgan fingerprint density at radius 3 is 2.60 bits per heavy atom. The first-order chi connectivity index (χ1) is 14.7. The fraction of sp³-hybridized carbons (Fsp3) is 0.0870.